The van der Waals surface area contributed by atoms with Crippen LogP contribution in [0.1, 0.15) is 25.0 Å². The molecule has 0 saturated heterocycles. The zero-order chi connectivity index (χ0) is 10.9. The molecule has 0 bridgehead atoms. The summed E-state index contributed by atoms with van der Waals surface area (Å²) in [6.07, 6.45) is -0.0215. The number of rotatable bonds is 2. The highest BCUT2D eigenvalue weighted by Gasteiger charge is 2.20. The van der Waals surface area contributed by atoms with E-state index in [1.165, 1.54) is 26.0 Å². The van der Waals surface area contributed by atoms with Crippen molar-refractivity contribution in [2.24, 2.45) is 0 Å². The lowest BCUT2D eigenvalue weighted by Gasteiger charge is -2.18. The Morgan fingerprint density at radius 3 is 2.36 bits per heavy atom. The second kappa shape index (κ2) is 3.65. The van der Waals surface area contributed by atoms with Crippen LogP contribution in [0.15, 0.2) is 12.1 Å². The predicted octanol–water partition coefficient (Wildman–Crippen LogP) is 2.59. The van der Waals surface area contributed by atoms with Gasteiger partial charge in [-0.05, 0) is 32.4 Å². The third-order valence-corrected chi connectivity index (χ3v) is 1.99. The second-order valence-corrected chi connectivity index (χ2v) is 4.15. The van der Waals surface area contributed by atoms with Crippen molar-refractivity contribution in [3.8, 4) is 0 Å². The lowest BCUT2D eigenvalue weighted by molar-refractivity contribution is 0.0789. The zero-order valence-corrected chi connectivity index (χ0v) is 8.56. The Bertz CT molecular complexity index is 340. The molecule has 0 heterocycles. The van der Waals surface area contributed by atoms with Gasteiger partial charge in [0, 0.05) is 12.0 Å². The Morgan fingerprint density at radius 1 is 1.29 bits per heavy atom. The van der Waals surface area contributed by atoms with Crippen LogP contribution in [0.25, 0.3) is 0 Å². The first-order chi connectivity index (χ1) is 6.31. The molecule has 1 aromatic carbocycles. The molecule has 0 saturated carbocycles. The van der Waals surface area contributed by atoms with Crippen LogP contribution in [0.4, 0.5) is 8.78 Å². The van der Waals surface area contributed by atoms with E-state index in [1.54, 1.807) is 6.92 Å². The van der Waals surface area contributed by atoms with Crippen LogP contribution >= 0.6 is 0 Å². The molecule has 1 aromatic rings. The largest absolute Gasteiger partial charge is 0.390 e. The van der Waals surface area contributed by atoms with Crippen LogP contribution in [0, 0.1) is 18.6 Å². The highest BCUT2D eigenvalue weighted by Crippen LogP contribution is 2.21. The van der Waals surface area contributed by atoms with Gasteiger partial charge in [-0.15, -0.1) is 0 Å². The van der Waals surface area contributed by atoms with Gasteiger partial charge in [0.05, 0.1) is 5.60 Å². The summed E-state index contributed by atoms with van der Waals surface area (Å²) in [7, 11) is 0. The molecular weight excluding hydrogens is 186 g/mol. The van der Waals surface area contributed by atoms with Crippen molar-refractivity contribution in [3.05, 3.63) is 34.9 Å². The number of aryl methyl sites for hydroxylation is 1. The molecule has 0 radical (unpaired) electrons. The maximum absolute atomic E-state index is 13.4. The third-order valence-electron chi connectivity index (χ3n) is 1.99. The minimum atomic E-state index is -1.10. The van der Waals surface area contributed by atoms with Gasteiger partial charge in [-0.3, -0.25) is 0 Å². The molecule has 0 aliphatic heterocycles. The van der Waals surface area contributed by atoms with Crippen LogP contribution in [-0.2, 0) is 6.42 Å². The highest BCUT2D eigenvalue weighted by molar-refractivity contribution is 5.27. The van der Waals surface area contributed by atoms with E-state index in [9.17, 15) is 13.9 Å². The fourth-order valence-electron chi connectivity index (χ4n) is 1.31. The van der Waals surface area contributed by atoms with E-state index >= 15 is 0 Å². The molecule has 1 N–H and O–H groups in total. The van der Waals surface area contributed by atoms with Crippen molar-refractivity contribution in [2.45, 2.75) is 32.8 Å². The van der Waals surface area contributed by atoms with E-state index in [0.717, 1.165) is 0 Å². The Morgan fingerprint density at radius 2 is 1.86 bits per heavy atom. The van der Waals surface area contributed by atoms with Crippen molar-refractivity contribution >= 4 is 0 Å². The van der Waals surface area contributed by atoms with Crippen LogP contribution in [-0.4, -0.2) is 10.7 Å². The average molecular weight is 200 g/mol. The SMILES string of the molecule is Cc1ccc(F)c(CC(C)(C)O)c1F. The van der Waals surface area contributed by atoms with Gasteiger partial charge in [-0.1, -0.05) is 6.07 Å². The standard InChI is InChI=1S/C11H14F2O/c1-7-4-5-9(12)8(10(7)13)6-11(2,3)14/h4-5,14H,6H2,1-3H3. The quantitative estimate of drug-likeness (QED) is 0.778. The van der Waals surface area contributed by atoms with Crippen LogP contribution in [0.3, 0.4) is 0 Å². The molecule has 0 fully saturated rings. The summed E-state index contributed by atoms with van der Waals surface area (Å²) in [5, 5.41) is 9.48. The van der Waals surface area contributed by atoms with E-state index in [-0.39, 0.29) is 12.0 Å². The lowest BCUT2D eigenvalue weighted by Crippen LogP contribution is -2.23. The van der Waals surface area contributed by atoms with Crippen molar-refractivity contribution in [1.29, 1.82) is 0 Å². The topological polar surface area (TPSA) is 20.2 Å². The first-order valence-electron chi connectivity index (χ1n) is 4.47. The van der Waals surface area contributed by atoms with E-state index in [4.69, 9.17) is 0 Å². The molecule has 0 amide bonds. The number of hydrogen-bond acceptors (Lipinski definition) is 1. The molecule has 0 spiro atoms. The maximum atomic E-state index is 13.4. The van der Waals surface area contributed by atoms with E-state index in [1.807, 2.05) is 0 Å². The molecule has 1 rings (SSSR count). The summed E-state index contributed by atoms with van der Waals surface area (Å²) in [5.74, 6) is -1.16. The molecule has 1 nitrogen and oxygen atoms in total. The summed E-state index contributed by atoms with van der Waals surface area (Å²) in [5.41, 5.74) is -0.752. The van der Waals surface area contributed by atoms with Gasteiger partial charge in [0.25, 0.3) is 0 Å². The van der Waals surface area contributed by atoms with Gasteiger partial charge in [-0.25, -0.2) is 8.78 Å². The van der Waals surface area contributed by atoms with Crippen molar-refractivity contribution in [1.82, 2.24) is 0 Å². The second-order valence-electron chi connectivity index (χ2n) is 4.15. The smallest absolute Gasteiger partial charge is 0.132 e. The van der Waals surface area contributed by atoms with Crippen molar-refractivity contribution < 1.29 is 13.9 Å². The van der Waals surface area contributed by atoms with Gasteiger partial charge in [0.15, 0.2) is 0 Å². The zero-order valence-electron chi connectivity index (χ0n) is 8.56. The summed E-state index contributed by atoms with van der Waals surface area (Å²) in [6.45, 7) is 4.62. The number of benzene rings is 1. The van der Waals surface area contributed by atoms with Gasteiger partial charge < -0.3 is 5.11 Å². The molecule has 0 atom stereocenters. The molecule has 14 heavy (non-hydrogen) atoms. The number of aliphatic hydroxyl groups is 1. The monoisotopic (exact) mass is 200 g/mol. The van der Waals surface area contributed by atoms with Crippen LogP contribution < -0.4 is 0 Å². The lowest BCUT2D eigenvalue weighted by atomic mass is 9.96. The first kappa shape index (κ1) is 11.1. The Labute approximate surface area is 82.4 Å². The van der Waals surface area contributed by atoms with E-state index in [2.05, 4.69) is 0 Å². The highest BCUT2D eigenvalue weighted by atomic mass is 19.1. The number of halogens is 2. The van der Waals surface area contributed by atoms with Gasteiger partial charge in [-0.2, -0.15) is 0 Å². The normalized spacial score (nSPS) is 11.9. The minimum absolute atomic E-state index is 0.0215. The molecule has 0 aromatic heterocycles. The Kier molecular flexibility index (Phi) is 2.90. The van der Waals surface area contributed by atoms with Gasteiger partial charge in [0.2, 0.25) is 0 Å². The average Bonchev–Trinajstić information content (AvgIpc) is 2.04. The molecule has 0 aliphatic carbocycles. The van der Waals surface area contributed by atoms with Crippen molar-refractivity contribution in [2.75, 3.05) is 0 Å². The fraction of sp³-hybridized carbons (Fsp3) is 0.455. The van der Waals surface area contributed by atoms with E-state index < -0.39 is 17.2 Å². The third kappa shape index (κ3) is 2.51. The Balaban J connectivity index is 3.13. The molecule has 78 valence electrons. The molecule has 3 heteroatoms. The summed E-state index contributed by atoms with van der Waals surface area (Å²) in [4.78, 5) is 0. The summed E-state index contributed by atoms with van der Waals surface area (Å²) >= 11 is 0. The molecule has 0 unspecified atom stereocenters. The number of hydrogen-bond donors (Lipinski definition) is 1. The summed E-state index contributed by atoms with van der Waals surface area (Å²) in [6, 6.07) is 2.61. The summed E-state index contributed by atoms with van der Waals surface area (Å²) < 4.78 is 26.7. The van der Waals surface area contributed by atoms with Crippen LogP contribution in [0.2, 0.25) is 0 Å². The van der Waals surface area contributed by atoms with Gasteiger partial charge >= 0.3 is 0 Å². The van der Waals surface area contributed by atoms with Crippen LogP contribution in [0.5, 0.6) is 0 Å². The maximum Gasteiger partial charge on any atom is 0.132 e. The Hall–Kier alpha value is -0.960. The van der Waals surface area contributed by atoms with E-state index in [0.29, 0.717) is 5.56 Å². The molecule has 0 aliphatic rings. The molecular formula is C11H14F2O. The fourth-order valence-corrected chi connectivity index (χ4v) is 1.31. The minimum Gasteiger partial charge on any atom is -0.390 e. The predicted molar refractivity (Wildman–Crippen MR) is 51.1 cm³/mol. The first-order valence-corrected chi connectivity index (χ1v) is 4.47. The van der Waals surface area contributed by atoms with Gasteiger partial charge in [0.1, 0.15) is 11.6 Å². The van der Waals surface area contributed by atoms with Crippen molar-refractivity contribution in [3.63, 3.8) is 0 Å².